The molecule has 1 aromatic rings. The van der Waals surface area contributed by atoms with Crippen LogP contribution in [0.1, 0.15) is 21.8 Å². The summed E-state index contributed by atoms with van der Waals surface area (Å²) in [5, 5.41) is 0.690. The van der Waals surface area contributed by atoms with Crippen molar-refractivity contribution in [3.63, 3.8) is 0 Å². The highest BCUT2D eigenvalue weighted by atomic mass is 32.2. The number of hydrogen-bond donors (Lipinski definition) is 0. The van der Waals surface area contributed by atoms with E-state index in [1.807, 2.05) is 11.8 Å². The smallest absolute Gasteiger partial charge is 0.357 e. The van der Waals surface area contributed by atoms with Gasteiger partial charge in [0.1, 0.15) is 0 Å². The minimum absolute atomic E-state index is 0.138. The summed E-state index contributed by atoms with van der Waals surface area (Å²) in [5.74, 6) is -0.0980. The third kappa shape index (κ3) is 3.24. The van der Waals surface area contributed by atoms with Crippen molar-refractivity contribution in [3.05, 3.63) is 10.6 Å². The van der Waals surface area contributed by atoms with Crippen molar-refractivity contribution in [1.82, 2.24) is 4.98 Å². The van der Waals surface area contributed by atoms with Gasteiger partial charge in [-0.1, -0.05) is 0 Å². The van der Waals surface area contributed by atoms with Gasteiger partial charge in [-0.25, -0.2) is 18.2 Å². The molecule has 19 heavy (non-hydrogen) atoms. The van der Waals surface area contributed by atoms with E-state index >= 15 is 0 Å². The Morgan fingerprint density at radius 1 is 1.37 bits per heavy atom. The summed E-state index contributed by atoms with van der Waals surface area (Å²) < 4.78 is 27.8. The summed E-state index contributed by atoms with van der Waals surface area (Å²) in [6.07, 6.45) is 0.592. The number of aryl methyl sites for hydroxylation is 1. The fourth-order valence-electron chi connectivity index (χ4n) is 1.93. The number of carbonyl (C=O) groups is 1. The van der Waals surface area contributed by atoms with Gasteiger partial charge in [-0.15, -0.1) is 11.3 Å². The first-order valence-corrected chi connectivity index (χ1v) is 8.58. The first kappa shape index (κ1) is 14.3. The van der Waals surface area contributed by atoms with E-state index in [1.54, 1.807) is 0 Å². The second-order valence-corrected chi connectivity index (χ2v) is 7.87. The van der Waals surface area contributed by atoms with Gasteiger partial charge >= 0.3 is 5.97 Å². The summed E-state index contributed by atoms with van der Waals surface area (Å²) in [6, 6.07) is 0. The normalized spacial score (nSPS) is 18.9. The van der Waals surface area contributed by atoms with Crippen LogP contribution < -0.4 is 4.90 Å². The fourth-order valence-corrected chi connectivity index (χ4v) is 4.15. The predicted octanol–water partition coefficient (Wildman–Crippen LogP) is 0.863. The van der Waals surface area contributed by atoms with Crippen molar-refractivity contribution in [2.45, 2.75) is 13.3 Å². The number of carbonyl (C=O) groups excluding carboxylic acids is 1. The SMILES string of the molecule is COC(=O)c1nc(N2CCCS(=O)(=O)CC2)sc1C. The van der Waals surface area contributed by atoms with E-state index in [0.29, 0.717) is 30.3 Å². The minimum atomic E-state index is -2.94. The number of nitrogens with zero attached hydrogens (tertiary/aromatic N) is 2. The van der Waals surface area contributed by atoms with Crippen molar-refractivity contribution in [2.75, 3.05) is 36.6 Å². The predicted molar refractivity (Wildman–Crippen MR) is 73.7 cm³/mol. The Kier molecular flexibility index (Phi) is 4.10. The van der Waals surface area contributed by atoms with Crippen molar-refractivity contribution in [2.24, 2.45) is 0 Å². The van der Waals surface area contributed by atoms with E-state index in [2.05, 4.69) is 9.72 Å². The lowest BCUT2D eigenvalue weighted by molar-refractivity contribution is 0.0594. The second kappa shape index (κ2) is 5.46. The van der Waals surface area contributed by atoms with Crippen molar-refractivity contribution in [1.29, 1.82) is 0 Å². The molecule has 0 amide bonds. The third-order valence-electron chi connectivity index (χ3n) is 2.99. The molecule has 6 nitrogen and oxygen atoms in total. The molecule has 0 spiro atoms. The Morgan fingerprint density at radius 3 is 2.79 bits per heavy atom. The molecule has 0 radical (unpaired) electrons. The number of aromatic nitrogens is 1. The molecule has 0 unspecified atom stereocenters. The molecule has 1 aliphatic rings. The maximum Gasteiger partial charge on any atom is 0.357 e. The second-order valence-electron chi connectivity index (χ2n) is 4.39. The number of ether oxygens (including phenoxy) is 1. The monoisotopic (exact) mass is 304 g/mol. The molecule has 1 aliphatic heterocycles. The number of methoxy groups -OCH3 is 1. The van der Waals surface area contributed by atoms with Crippen LogP contribution in [0, 0.1) is 6.92 Å². The van der Waals surface area contributed by atoms with Gasteiger partial charge in [0.2, 0.25) is 0 Å². The first-order chi connectivity index (χ1) is 8.93. The van der Waals surface area contributed by atoms with Crippen LogP contribution in [0.15, 0.2) is 0 Å². The van der Waals surface area contributed by atoms with Gasteiger partial charge in [-0.05, 0) is 13.3 Å². The van der Waals surface area contributed by atoms with Gasteiger partial charge in [0.05, 0.1) is 18.6 Å². The molecule has 106 valence electrons. The van der Waals surface area contributed by atoms with Crippen molar-refractivity contribution in [3.8, 4) is 0 Å². The molecule has 8 heteroatoms. The summed E-state index contributed by atoms with van der Waals surface area (Å²) in [5.41, 5.74) is 0.314. The average Bonchev–Trinajstić information content (AvgIpc) is 2.64. The zero-order chi connectivity index (χ0) is 14.0. The summed E-state index contributed by atoms with van der Waals surface area (Å²) >= 11 is 1.39. The zero-order valence-electron chi connectivity index (χ0n) is 10.9. The number of thiazole rings is 1. The van der Waals surface area contributed by atoms with Gasteiger partial charge in [0, 0.05) is 18.0 Å². The number of esters is 1. The molecule has 2 rings (SSSR count). The molecule has 1 saturated heterocycles. The zero-order valence-corrected chi connectivity index (χ0v) is 12.5. The van der Waals surface area contributed by atoms with Gasteiger partial charge in [-0.3, -0.25) is 0 Å². The number of hydrogen-bond acceptors (Lipinski definition) is 7. The maximum absolute atomic E-state index is 11.6. The highest BCUT2D eigenvalue weighted by Crippen LogP contribution is 2.27. The Labute approximate surface area is 116 Å². The summed E-state index contributed by atoms with van der Waals surface area (Å²) in [4.78, 5) is 18.5. The van der Waals surface area contributed by atoms with Crippen LogP contribution in [0.5, 0.6) is 0 Å². The Morgan fingerprint density at radius 2 is 2.11 bits per heavy atom. The molecule has 0 saturated carbocycles. The van der Waals surface area contributed by atoms with Crippen molar-refractivity contribution >= 4 is 32.3 Å². The van der Waals surface area contributed by atoms with Gasteiger partial charge in [0.25, 0.3) is 0 Å². The van der Waals surface area contributed by atoms with E-state index in [9.17, 15) is 13.2 Å². The molecular weight excluding hydrogens is 288 g/mol. The third-order valence-corrected chi connectivity index (χ3v) is 5.74. The van der Waals surface area contributed by atoms with E-state index in [0.717, 1.165) is 4.88 Å². The molecule has 1 fully saturated rings. The topological polar surface area (TPSA) is 76.6 Å². The van der Waals surface area contributed by atoms with Gasteiger partial charge < -0.3 is 9.64 Å². The van der Waals surface area contributed by atoms with Gasteiger partial charge in [0.15, 0.2) is 20.7 Å². The highest BCUT2D eigenvalue weighted by molar-refractivity contribution is 7.91. The Balaban J connectivity index is 2.21. The molecular formula is C11H16N2O4S2. The largest absolute Gasteiger partial charge is 0.464 e. The lowest BCUT2D eigenvalue weighted by Crippen LogP contribution is -2.26. The van der Waals surface area contributed by atoms with Gasteiger partial charge in [-0.2, -0.15) is 0 Å². The Hall–Kier alpha value is -1.15. The van der Waals surface area contributed by atoms with E-state index in [4.69, 9.17) is 0 Å². The highest BCUT2D eigenvalue weighted by Gasteiger charge is 2.23. The van der Waals surface area contributed by atoms with Crippen molar-refractivity contribution < 1.29 is 17.9 Å². The minimum Gasteiger partial charge on any atom is -0.464 e. The molecule has 0 atom stereocenters. The molecule has 2 heterocycles. The summed E-state index contributed by atoms with van der Waals surface area (Å²) in [6.45, 7) is 2.88. The van der Waals surface area contributed by atoms with Crippen LogP contribution in [-0.4, -0.2) is 51.1 Å². The molecule has 1 aromatic heterocycles. The number of rotatable bonds is 2. The van der Waals surface area contributed by atoms with Crippen LogP contribution in [0.4, 0.5) is 5.13 Å². The summed E-state index contributed by atoms with van der Waals surface area (Å²) in [7, 11) is -1.62. The van der Waals surface area contributed by atoms with Crippen LogP contribution in [0.25, 0.3) is 0 Å². The number of anilines is 1. The lowest BCUT2D eigenvalue weighted by atomic mass is 10.4. The standard InChI is InChI=1S/C11H16N2O4S2/c1-8-9(10(14)17-2)12-11(18-8)13-4-3-6-19(15,16)7-5-13/h3-7H2,1-2H3. The first-order valence-electron chi connectivity index (χ1n) is 5.94. The van der Waals surface area contributed by atoms with Crippen LogP contribution in [0.3, 0.4) is 0 Å². The van der Waals surface area contributed by atoms with E-state index in [-0.39, 0.29) is 11.5 Å². The maximum atomic E-state index is 11.6. The Bertz CT molecular complexity index is 580. The average molecular weight is 304 g/mol. The van der Waals surface area contributed by atoms with E-state index in [1.165, 1.54) is 18.4 Å². The molecule has 0 aromatic carbocycles. The molecule has 0 N–H and O–H groups in total. The van der Waals surface area contributed by atoms with E-state index < -0.39 is 15.8 Å². The van der Waals surface area contributed by atoms with Crippen LogP contribution >= 0.6 is 11.3 Å². The lowest BCUT2D eigenvalue weighted by Gasteiger charge is -2.17. The fraction of sp³-hybridized carbons (Fsp3) is 0.636. The molecule has 0 aliphatic carbocycles. The number of sulfone groups is 1. The van der Waals surface area contributed by atoms with Crippen LogP contribution in [-0.2, 0) is 14.6 Å². The quantitative estimate of drug-likeness (QED) is 0.754. The van der Waals surface area contributed by atoms with Crippen LogP contribution in [0.2, 0.25) is 0 Å². The molecule has 0 bridgehead atoms.